The van der Waals surface area contributed by atoms with Gasteiger partial charge in [0, 0.05) is 31.5 Å². The van der Waals surface area contributed by atoms with Gasteiger partial charge in [0.25, 0.3) is 0 Å². The number of hydrogen-bond donors (Lipinski definition) is 0. The number of unbranched alkanes of at least 4 members (excludes halogenated alkanes) is 1. The summed E-state index contributed by atoms with van der Waals surface area (Å²) < 4.78 is 6.83. The number of fused-ring (bicyclic) bond motifs is 1. The highest BCUT2D eigenvalue weighted by Crippen LogP contribution is 2.53. The van der Waals surface area contributed by atoms with E-state index in [9.17, 15) is 0 Å². The third kappa shape index (κ3) is 7.35. The van der Waals surface area contributed by atoms with Crippen molar-refractivity contribution in [3.05, 3.63) is 95.6 Å². The van der Waals surface area contributed by atoms with Gasteiger partial charge in [0.1, 0.15) is 0 Å². The van der Waals surface area contributed by atoms with Crippen molar-refractivity contribution in [1.82, 2.24) is 9.80 Å². The molecule has 2 atom stereocenters. The lowest BCUT2D eigenvalue weighted by Gasteiger charge is -2.36. The van der Waals surface area contributed by atoms with Gasteiger partial charge in [-0.1, -0.05) is 104 Å². The molecular weight excluding hydrogens is 488 g/mol. The van der Waals surface area contributed by atoms with Gasteiger partial charge in [-0.3, -0.25) is 0 Å². The van der Waals surface area contributed by atoms with Gasteiger partial charge in [0.05, 0.1) is 11.7 Å². The fourth-order valence-electron chi connectivity index (χ4n) is 7.33. The normalized spacial score (nSPS) is 26.2. The van der Waals surface area contributed by atoms with Crippen molar-refractivity contribution in [1.29, 1.82) is 0 Å². The maximum atomic E-state index is 6.83. The Morgan fingerprint density at radius 2 is 1.40 bits per heavy atom. The van der Waals surface area contributed by atoms with Gasteiger partial charge in [0.2, 0.25) is 0 Å². The Labute approximate surface area is 243 Å². The number of ether oxygens (including phenoxy) is 1. The Bertz CT molecular complexity index is 1060. The number of rotatable bonds is 11. The van der Waals surface area contributed by atoms with Crippen molar-refractivity contribution in [2.24, 2.45) is 5.92 Å². The molecule has 2 aliphatic heterocycles. The van der Waals surface area contributed by atoms with Crippen LogP contribution in [0.5, 0.6) is 0 Å². The number of nitrogens with zero attached hydrogens (tertiary/aromatic N) is 2. The molecule has 0 N–H and O–H groups in total. The molecule has 214 valence electrons. The number of likely N-dealkylation sites (tertiary alicyclic amines) is 2. The molecule has 3 nitrogen and oxygen atoms in total. The van der Waals surface area contributed by atoms with Gasteiger partial charge in [-0.2, -0.15) is 0 Å². The lowest BCUT2D eigenvalue weighted by molar-refractivity contribution is -0.0408. The van der Waals surface area contributed by atoms with Gasteiger partial charge >= 0.3 is 0 Å². The van der Waals surface area contributed by atoms with E-state index in [2.05, 4.69) is 88.7 Å². The summed E-state index contributed by atoms with van der Waals surface area (Å²) in [5.74, 6) is 1.03. The zero-order valence-corrected chi connectivity index (χ0v) is 24.6. The maximum absolute atomic E-state index is 6.83. The minimum atomic E-state index is 0.0114. The quantitative estimate of drug-likeness (QED) is 0.270. The Morgan fingerprint density at radius 1 is 0.750 bits per heavy atom. The second-order valence-electron chi connectivity index (χ2n) is 12.9. The summed E-state index contributed by atoms with van der Waals surface area (Å²) in [6.45, 7) is 7.28. The summed E-state index contributed by atoms with van der Waals surface area (Å²) in [5.41, 5.74) is 4.40. The minimum Gasteiger partial charge on any atom is -0.367 e. The van der Waals surface area contributed by atoms with Crippen LogP contribution in [0.3, 0.4) is 0 Å². The first-order valence-corrected chi connectivity index (χ1v) is 16.4. The maximum Gasteiger partial charge on any atom is 0.0939 e. The molecule has 2 aromatic rings. The van der Waals surface area contributed by atoms with Crippen LogP contribution < -0.4 is 0 Å². The minimum absolute atomic E-state index is 0.0114. The van der Waals surface area contributed by atoms with E-state index in [0.29, 0.717) is 17.9 Å². The SMILES string of the molecule is C1=CC2(OC3CCN(CC(c4ccccc4)c4ccccc4)CC3)CC2C=C1CCCCN1CCCCCCC1. The molecular formula is C37H50N2O. The largest absolute Gasteiger partial charge is 0.367 e. The van der Waals surface area contributed by atoms with Gasteiger partial charge < -0.3 is 14.5 Å². The smallest absolute Gasteiger partial charge is 0.0939 e. The van der Waals surface area contributed by atoms with Crippen LogP contribution in [0.4, 0.5) is 0 Å². The fourth-order valence-corrected chi connectivity index (χ4v) is 7.33. The molecule has 6 rings (SSSR count). The summed E-state index contributed by atoms with van der Waals surface area (Å²) in [6, 6.07) is 22.1. The van der Waals surface area contributed by atoms with E-state index in [4.69, 9.17) is 4.74 Å². The highest BCUT2D eigenvalue weighted by Gasteiger charge is 2.54. The molecule has 1 saturated carbocycles. The van der Waals surface area contributed by atoms with Gasteiger partial charge in [-0.15, -0.1) is 0 Å². The number of benzene rings is 2. The molecule has 40 heavy (non-hydrogen) atoms. The predicted molar refractivity (Wildman–Crippen MR) is 167 cm³/mol. The van der Waals surface area contributed by atoms with Gasteiger partial charge in [-0.25, -0.2) is 0 Å². The van der Waals surface area contributed by atoms with Crippen molar-refractivity contribution >= 4 is 0 Å². The van der Waals surface area contributed by atoms with Crippen LogP contribution in [0, 0.1) is 5.92 Å². The molecule has 4 aliphatic rings. The monoisotopic (exact) mass is 538 g/mol. The van der Waals surface area contributed by atoms with Crippen molar-refractivity contribution in [2.75, 3.05) is 39.3 Å². The third-order valence-corrected chi connectivity index (χ3v) is 9.91. The number of hydrogen-bond acceptors (Lipinski definition) is 3. The van der Waals surface area contributed by atoms with E-state index in [1.54, 1.807) is 5.57 Å². The highest BCUT2D eigenvalue weighted by molar-refractivity contribution is 5.38. The van der Waals surface area contributed by atoms with Crippen molar-refractivity contribution in [3.63, 3.8) is 0 Å². The molecule has 0 aromatic heterocycles. The van der Waals surface area contributed by atoms with Crippen molar-refractivity contribution < 1.29 is 4.74 Å². The summed E-state index contributed by atoms with van der Waals surface area (Å²) >= 11 is 0. The van der Waals surface area contributed by atoms with E-state index >= 15 is 0 Å². The fraction of sp³-hybridized carbons (Fsp3) is 0.568. The predicted octanol–water partition coefficient (Wildman–Crippen LogP) is 7.99. The Hall–Kier alpha value is -2.20. The first-order chi connectivity index (χ1) is 19.8. The standard InChI is InChI=1S/C37H50N2O/c1-2-11-23-38(24-12-3-1)25-13-10-14-31-19-22-37(29-34(37)28-31)40-35-20-26-39(27-21-35)30-36(32-15-6-4-7-16-32)33-17-8-5-9-18-33/h4-9,15-19,22,28,34-36H,1-3,10-14,20-21,23-27,29-30H2. The summed E-state index contributed by atoms with van der Waals surface area (Å²) in [7, 11) is 0. The zero-order valence-electron chi connectivity index (χ0n) is 24.6. The van der Waals surface area contributed by atoms with E-state index < -0.39 is 0 Å². The molecule has 0 bridgehead atoms. The Morgan fingerprint density at radius 3 is 2.05 bits per heavy atom. The summed E-state index contributed by atoms with van der Waals surface area (Å²) in [4.78, 5) is 5.38. The molecule has 2 heterocycles. The van der Waals surface area contributed by atoms with Crippen molar-refractivity contribution in [2.45, 2.75) is 88.3 Å². The zero-order chi connectivity index (χ0) is 27.0. The van der Waals surface area contributed by atoms with Crippen LogP contribution in [0.15, 0.2) is 84.5 Å². The Balaban J connectivity index is 0.931. The number of piperidine rings is 1. The average molecular weight is 539 g/mol. The van der Waals surface area contributed by atoms with Crippen molar-refractivity contribution in [3.8, 4) is 0 Å². The second-order valence-corrected chi connectivity index (χ2v) is 12.9. The molecule has 2 aliphatic carbocycles. The molecule has 3 heteroatoms. The molecule has 3 fully saturated rings. The van der Waals surface area contributed by atoms with Crippen LogP contribution in [0.25, 0.3) is 0 Å². The van der Waals surface area contributed by atoms with Crippen LogP contribution in [0.1, 0.15) is 87.7 Å². The second kappa shape index (κ2) is 13.6. The van der Waals surface area contributed by atoms with E-state index in [0.717, 1.165) is 32.5 Å². The highest BCUT2D eigenvalue weighted by atomic mass is 16.5. The van der Waals surface area contributed by atoms with Gasteiger partial charge in [-0.05, 0) is 82.1 Å². The van der Waals surface area contributed by atoms with Crippen LogP contribution in [-0.4, -0.2) is 60.8 Å². The average Bonchev–Trinajstić information content (AvgIpc) is 3.69. The van der Waals surface area contributed by atoms with E-state index in [-0.39, 0.29) is 5.60 Å². The molecule has 0 radical (unpaired) electrons. The van der Waals surface area contributed by atoms with E-state index in [1.807, 2.05) is 0 Å². The first-order valence-electron chi connectivity index (χ1n) is 16.4. The molecule has 2 unspecified atom stereocenters. The van der Waals surface area contributed by atoms with Gasteiger partial charge in [0.15, 0.2) is 0 Å². The molecule has 0 amide bonds. The van der Waals surface area contributed by atoms with Crippen LogP contribution >= 0.6 is 0 Å². The van der Waals surface area contributed by atoms with E-state index in [1.165, 1.54) is 88.5 Å². The Kier molecular flexibility index (Phi) is 9.53. The first kappa shape index (κ1) is 27.9. The summed E-state index contributed by atoms with van der Waals surface area (Å²) in [5, 5.41) is 0. The lowest BCUT2D eigenvalue weighted by atomic mass is 9.90. The topological polar surface area (TPSA) is 15.7 Å². The number of allylic oxidation sites excluding steroid dienone is 2. The lowest BCUT2D eigenvalue weighted by Crippen LogP contribution is -2.41. The molecule has 0 spiro atoms. The summed E-state index contributed by atoms with van der Waals surface area (Å²) in [6.07, 6.45) is 22.3. The van der Waals surface area contributed by atoms with Crippen LogP contribution in [0.2, 0.25) is 0 Å². The third-order valence-electron chi connectivity index (χ3n) is 9.91. The molecule has 2 saturated heterocycles. The van der Waals surface area contributed by atoms with Crippen LogP contribution in [-0.2, 0) is 4.74 Å². The molecule has 2 aromatic carbocycles.